The first-order chi connectivity index (χ1) is 6.20. The fourth-order valence-corrected chi connectivity index (χ4v) is 0.997. The lowest BCUT2D eigenvalue weighted by Crippen LogP contribution is -2.08. The molecular weight excluding hydrogens is 174 g/mol. The van der Waals surface area contributed by atoms with Crippen molar-refractivity contribution in [3.8, 4) is 5.75 Å². The van der Waals surface area contributed by atoms with Crippen LogP contribution in [0, 0.1) is 10.1 Å². The zero-order valence-electron chi connectivity index (χ0n) is 6.98. The maximum absolute atomic E-state index is 10.5. The van der Waals surface area contributed by atoms with Crippen LogP contribution in [-0.4, -0.2) is 12.0 Å². The Balaban J connectivity index is 3.27. The molecule has 70 valence electrons. The van der Waals surface area contributed by atoms with Gasteiger partial charge in [-0.15, -0.1) is 0 Å². The van der Waals surface area contributed by atoms with E-state index in [1.54, 1.807) is 6.07 Å². The van der Waals surface area contributed by atoms with Crippen molar-refractivity contribution in [2.24, 2.45) is 5.84 Å². The van der Waals surface area contributed by atoms with Crippen molar-refractivity contribution >= 4 is 11.4 Å². The van der Waals surface area contributed by atoms with Crippen molar-refractivity contribution in [2.45, 2.75) is 0 Å². The van der Waals surface area contributed by atoms with Gasteiger partial charge in [0.15, 0.2) is 0 Å². The first kappa shape index (κ1) is 9.27. The predicted octanol–water partition coefficient (Wildman–Crippen LogP) is 0.889. The smallest absolute Gasteiger partial charge is 0.313 e. The average molecular weight is 183 g/mol. The number of nitro benzene ring substituents is 1. The van der Waals surface area contributed by atoms with Gasteiger partial charge in [-0.1, -0.05) is 6.07 Å². The Labute approximate surface area is 74.4 Å². The van der Waals surface area contributed by atoms with Gasteiger partial charge in [-0.05, 0) is 6.07 Å². The molecular formula is C7H9N3O3. The first-order valence-electron chi connectivity index (χ1n) is 3.48. The molecule has 0 aliphatic carbocycles. The number of nitrogen functional groups attached to an aromatic ring is 1. The van der Waals surface area contributed by atoms with Gasteiger partial charge in [0.05, 0.1) is 17.7 Å². The van der Waals surface area contributed by atoms with Crippen molar-refractivity contribution < 1.29 is 9.66 Å². The highest BCUT2D eigenvalue weighted by Crippen LogP contribution is 2.33. The minimum atomic E-state index is -0.528. The molecule has 1 aromatic rings. The predicted molar refractivity (Wildman–Crippen MR) is 47.5 cm³/mol. The molecule has 1 aromatic carbocycles. The molecule has 6 nitrogen and oxygen atoms in total. The summed E-state index contributed by atoms with van der Waals surface area (Å²) < 4.78 is 4.84. The number of rotatable bonds is 3. The highest BCUT2D eigenvalue weighted by molar-refractivity contribution is 5.65. The molecule has 0 aromatic heterocycles. The molecule has 0 radical (unpaired) electrons. The van der Waals surface area contributed by atoms with Gasteiger partial charge in [-0.25, -0.2) is 0 Å². The Kier molecular flexibility index (Phi) is 2.65. The number of ether oxygens (including phenoxy) is 1. The molecule has 0 bridgehead atoms. The van der Waals surface area contributed by atoms with E-state index in [9.17, 15) is 10.1 Å². The molecule has 0 aliphatic heterocycles. The van der Waals surface area contributed by atoms with Crippen LogP contribution in [0.2, 0.25) is 0 Å². The number of hydrogen-bond acceptors (Lipinski definition) is 5. The van der Waals surface area contributed by atoms with Gasteiger partial charge in [0.1, 0.15) is 0 Å². The molecule has 1 rings (SSSR count). The second-order valence-corrected chi connectivity index (χ2v) is 2.26. The minimum absolute atomic E-state index is 0.113. The van der Waals surface area contributed by atoms with Crippen LogP contribution in [0.1, 0.15) is 0 Å². The zero-order chi connectivity index (χ0) is 9.84. The second-order valence-electron chi connectivity index (χ2n) is 2.26. The summed E-state index contributed by atoms with van der Waals surface area (Å²) in [6.07, 6.45) is 0. The molecule has 0 spiro atoms. The van der Waals surface area contributed by atoms with E-state index >= 15 is 0 Å². The van der Waals surface area contributed by atoms with Crippen molar-refractivity contribution in [3.05, 3.63) is 28.3 Å². The number of hydrazine groups is 1. The molecule has 0 unspecified atom stereocenters. The van der Waals surface area contributed by atoms with Crippen molar-refractivity contribution in [3.63, 3.8) is 0 Å². The topological polar surface area (TPSA) is 90.4 Å². The van der Waals surface area contributed by atoms with E-state index in [0.717, 1.165) is 0 Å². The maximum Gasteiger partial charge on any atom is 0.313 e. The quantitative estimate of drug-likeness (QED) is 0.412. The monoisotopic (exact) mass is 183 g/mol. The van der Waals surface area contributed by atoms with Crippen LogP contribution >= 0.6 is 0 Å². The number of methoxy groups -OCH3 is 1. The summed E-state index contributed by atoms with van der Waals surface area (Å²) in [5.41, 5.74) is 2.59. The number of hydrogen-bond donors (Lipinski definition) is 2. The average Bonchev–Trinajstić information content (AvgIpc) is 2.16. The second kappa shape index (κ2) is 3.72. The Morgan fingerprint density at radius 1 is 1.62 bits per heavy atom. The molecule has 6 heteroatoms. The molecule has 0 atom stereocenters. The van der Waals surface area contributed by atoms with E-state index in [-0.39, 0.29) is 11.4 Å². The summed E-state index contributed by atoms with van der Waals surface area (Å²) in [5, 5.41) is 10.5. The van der Waals surface area contributed by atoms with Crippen LogP contribution in [0.4, 0.5) is 11.4 Å². The molecule has 0 fully saturated rings. The molecule has 0 saturated heterocycles. The number of anilines is 1. The molecule has 13 heavy (non-hydrogen) atoms. The maximum atomic E-state index is 10.5. The minimum Gasteiger partial charge on any atom is -0.489 e. The first-order valence-corrected chi connectivity index (χ1v) is 3.48. The largest absolute Gasteiger partial charge is 0.489 e. The standard InChI is InChI=1S/C7H9N3O3/c1-13-7-5(9-8)3-2-4-6(7)10(11)12/h2-4,9H,8H2,1H3. The lowest BCUT2D eigenvalue weighted by Gasteiger charge is -2.06. The zero-order valence-corrected chi connectivity index (χ0v) is 6.98. The van der Waals surface area contributed by atoms with Crippen molar-refractivity contribution in [2.75, 3.05) is 12.5 Å². The van der Waals surface area contributed by atoms with Gasteiger partial charge in [-0.3, -0.25) is 16.0 Å². The summed E-state index contributed by atoms with van der Waals surface area (Å²) in [6, 6.07) is 4.46. The van der Waals surface area contributed by atoms with E-state index < -0.39 is 4.92 Å². The summed E-state index contributed by atoms with van der Waals surface area (Å²) in [7, 11) is 1.35. The number of nitrogens with two attached hydrogens (primary N) is 1. The van der Waals surface area contributed by atoms with Crippen molar-refractivity contribution in [1.29, 1.82) is 0 Å². The van der Waals surface area contributed by atoms with Crippen LogP contribution in [0.5, 0.6) is 5.75 Å². The molecule has 0 heterocycles. The van der Waals surface area contributed by atoms with Crippen LogP contribution in [-0.2, 0) is 0 Å². The Morgan fingerprint density at radius 2 is 2.31 bits per heavy atom. The highest BCUT2D eigenvalue weighted by atomic mass is 16.6. The van der Waals surface area contributed by atoms with Gasteiger partial charge in [-0.2, -0.15) is 0 Å². The molecule has 3 N–H and O–H groups in total. The van der Waals surface area contributed by atoms with Crippen LogP contribution in [0.25, 0.3) is 0 Å². The number of para-hydroxylation sites is 1. The highest BCUT2D eigenvalue weighted by Gasteiger charge is 2.17. The third-order valence-corrected chi connectivity index (χ3v) is 1.55. The number of nitrogens with one attached hydrogen (secondary N) is 1. The molecule has 0 aliphatic rings. The number of benzene rings is 1. The van der Waals surface area contributed by atoms with Gasteiger partial charge in [0.2, 0.25) is 5.75 Å². The lowest BCUT2D eigenvalue weighted by atomic mass is 10.2. The Morgan fingerprint density at radius 3 is 2.77 bits per heavy atom. The van der Waals surface area contributed by atoms with Crippen LogP contribution in [0.15, 0.2) is 18.2 Å². The van der Waals surface area contributed by atoms with Crippen LogP contribution < -0.4 is 16.0 Å². The summed E-state index contributed by atoms with van der Waals surface area (Å²) in [6.45, 7) is 0. The fourth-order valence-electron chi connectivity index (χ4n) is 0.997. The van der Waals surface area contributed by atoms with E-state index in [2.05, 4.69) is 5.43 Å². The summed E-state index contributed by atoms with van der Waals surface area (Å²) in [4.78, 5) is 9.98. The van der Waals surface area contributed by atoms with Gasteiger partial charge in [0, 0.05) is 6.07 Å². The van der Waals surface area contributed by atoms with E-state index in [1.165, 1.54) is 19.2 Å². The normalized spacial score (nSPS) is 9.38. The van der Waals surface area contributed by atoms with E-state index in [1.807, 2.05) is 0 Å². The van der Waals surface area contributed by atoms with E-state index in [0.29, 0.717) is 5.69 Å². The molecule has 0 amide bonds. The lowest BCUT2D eigenvalue weighted by molar-refractivity contribution is -0.385. The SMILES string of the molecule is COc1c(NN)cccc1[N+](=O)[O-]. The van der Waals surface area contributed by atoms with Crippen LogP contribution in [0.3, 0.4) is 0 Å². The van der Waals surface area contributed by atoms with E-state index in [4.69, 9.17) is 10.6 Å². The fraction of sp³-hybridized carbons (Fsp3) is 0.143. The third kappa shape index (κ3) is 1.67. The van der Waals surface area contributed by atoms with Gasteiger partial charge >= 0.3 is 5.69 Å². The Bertz CT molecular complexity index is 327. The summed E-state index contributed by atoms with van der Waals surface area (Å²) >= 11 is 0. The summed E-state index contributed by atoms with van der Waals surface area (Å²) in [5.74, 6) is 5.28. The van der Waals surface area contributed by atoms with Gasteiger partial charge < -0.3 is 10.2 Å². The number of nitrogens with zero attached hydrogens (tertiary/aromatic N) is 1. The molecule has 0 saturated carbocycles. The third-order valence-electron chi connectivity index (χ3n) is 1.55. The Hall–Kier alpha value is -1.82. The number of nitro groups is 1. The van der Waals surface area contributed by atoms with Gasteiger partial charge in [0.25, 0.3) is 0 Å². The van der Waals surface area contributed by atoms with Crippen molar-refractivity contribution in [1.82, 2.24) is 0 Å².